The molecule has 96 valence electrons. The molecule has 0 aliphatic heterocycles. The number of esters is 1. The van der Waals surface area contributed by atoms with Gasteiger partial charge in [-0.25, -0.2) is 4.79 Å². The molecule has 0 radical (unpaired) electrons. The van der Waals surface area contributed by atoms with Crippen molar-refractivity contribution in [3.63, 3.8) is 0 Å². The van der Waals surface area contributed by atoms with Gasteiger partial charge in [0.2, 0.25) is 5.78 Å². The van der Waals surface area contributed by atoms with E-state index >= 15 is 0 Å². The van der Waals surface area contributed by atoms with Crippen molar-refractivity contribution in [2.24, 2.45) is 0 Å². The monoisotopic (exact) mass is 258 g/mol. The Morgan fingerprint density at radius 2 is 1.76 bits per heavy atom. The van der Waals surface area contributed by atoms with Gasteiger partial charge in [-0.1, -0.05) is 36.7 Å². The number of rotatable bonds is 1. The summed E-state index contributed by atoms with van der Waals surface area (Å²) in [6, 6.07) is 6.00. The van der Waals surface area contributed by atoms with Gasteiger partial charge in [-0.05, 0) is 25.5 Å². The Hall–Kier alpha value is -1.35. The van der Waals surface area contributed by atoms with E-state index in [1.807, 2.05) is 19.1 Å². The van der Waals surface area contributed by atoms with Crippen molar-refractivity contribution >= 4 is 23.4 Å². The average molecular weight is 259 g/mol. The summed E-state index contributed by atoms with van der Waals surface area (Å²) in [6.45, 7) is 5.23. The molecule has 0 aliphatic rings. The second-order valence-corrected chi connectivity index (χ2v) is 3.71. The van der Waals surface area contributed by atoms with Crippen LogP contribution in [0.15, 0.2) is 18.2 Å². The molecule has 0 spiro atoms. The molecule has 1 aromatic carbocycles. The number of ether oxygens (including phenoxy) is 1. The molecule has 1 rings (SSSR count). The number of halogens is 1. The van der Waals surface area contributed by atoms with Crippen LogP contribution in [0.2, 0.25) is 5.02 Å². The second-order valence-electron chi connectivity index (χ2n) is 3.30. The summed E-state index contributed by atoms with van der Waals surface area (Å²) in [6.07, 6.45) is 0. The van der Waals surface area contributed by atoms with Crippen LogP contribution in [0.1, 0.15) is 25.5 Å². The second kappa shape index (κ2) is 8.76. The van der Waals surface area contributed by atoms with Crippen molar-refractivity contribution < 1.29 is 14.3 Å². The van der Waals surface area contributed by atoms with E-state index in [2.05, 4.69) is 17.7 Å². The lowest BCUT2D eigenvalue weighted by Crippen LogP contribution is -2.10. The first-order valence-corrected chi connectivity index (χ1v) is 5.08. The number of Topliss-reactive ketones (excluding diaryl/α,β-unsaturated/α-hetero) is 1. The Balaban J connectivity index is 0. The van der Waals surface area contributed by atoms with Crippen molar-refractivity contribution in [2.75, 3.05) is 7.11 Å². The average Bonchev–Trinajstić information content (AvgIpc) is 2.23. The quantitative estimate of drug-likeness (QED) is 0.573. The van der Waals surface area contributed by atoms with Gasteiger partial charge in [-0.15, -0.1) is 0 Å². The van der Waals surface area contributed by atoms with Crippen LogP contribution in [0, 0.1) is 13.8 Å². The van der Waals surface area contributed by atoms with Crippen LogP contribution in [0.3, 0.4) is 0 Å². The highest BCUT2D eigenvalue weighted by Crippen LogP contribution is 2.14. The molecule has 1 aromatic rings. The van der Waals surface area contributed by atoms with Crippen LogP contribution in [-0.2, 0) is 14.3 Å². The van der Waals surface area contributed by atoms with E-state index in [0.717, 1.165) is 17.5 Å². The van der Waals surface area contributed by atoms with E-state index < -0.39 is 11.8 Å². The number of benzene rings is 1. The number of carbonyl (C=O) groups excluding carboxylic acids is 2. The molecule has 0 saturated carbocycles. The van der Waals surface area contributed by atoms with Crippen LogP contribution in [-0.4, -0.2) is 18.9 Å². The van der Waals surface area contributed by atoms with E-state index in [4.69, 9.17) is 11.6 Å². The van der Waals surface area contributed by atoms with Crippen molar-refractivity contribution in [3.8, 4) is 0 Å². The Labute approximate surface area is 108 Å². The molecule has 0 aromatic heterocycles. The first-order valence-electron chi connectivity index (χ1n) is 4.70. The summed E-state index contributed by atoms with van der Waals surface area (Å²) in [5.74, 6) is -1.36. The maximum atomic E-state index is 9.94. The van der Waals surface area contributed by atoms with Crippen molar-refractivity contribution in [1.82, 2.24) is 0 Å². The highest BCUT2D eigenvalue weighted by Gasteiger charge is 2.03. The number of methoxy groups -OCH3 is 1. The molecule has 0 N–H and O–H groups in total. The summed E-state index contributed by atoms with van der Waals surface area (Å²) in [5, 5.41) is 0.848. The fraction of sp³-hybridized carbons (Fsp3) is 0.385. The molecule has 0 unspecified atom stereocenters. The molecule has 3 nitrogen and oxygen atoms in total. The molecule has 17 heavy (non-hydrogen) atoms. The van der Waals surface area contributed by atoms with E-state index in [0.29, 0.717) is 0 Å². The number of hydrogen-bond acceptors (Lipinski definition) is 3. The lowest BCUT2D eigenvalue weighted by atomic mass is 10.2. The smallest absolute Gasteiger partial charge is 0.374 e. The molecular weight excluding hydrogens is 240 g/mol. The van der Waals surface area contributed by atoms with Gasteiger partial charge in [0, 0.05) is 11.9 Å². The van der Waals surface area contributed by atoms with Gasteiger partial charge in [0.1, 0.15) is 0 Å². The Morgan fingerprint density at radius 1 is 1.24 bits per heavy atom. The zero-order valence-corrected chi connectivity index (χ0v) is 10.6. The predicted molar refractivity (Wildman–Crippen MR) is 70.4 cm³/mol. The van der Waals surface area contributed by atoms with Gasteiger partial charge in [0.15, 0.2) is 0 Å². The van der Waals surface area contributed by atoms with Gasteiger partial charge in [-0.2, -0.15) is 0 Å². The fourth-order valence-electron chi connectivity index (χ4n) is 0.938. The van der Waals surface area contributed by atoms with Crippen LogP contribution in [0.4, 0.5) is 0 Å². The first kappa shape index (κ1) is 18.0. The fourth-order valence-corrected chi connectivity index (χ4v) is 1.06. The highest BCUT2D eigenvalue weighted by atomic mass is 35.5. The Morgan fingerprint density at radius 3 is 2.00 bits per heavy atom. The van der Waals surface area contributed by atoms with Crippen molar-refractivity contribution in [1.29, 1.82) is 0 Å². The number of hydrogen-bond donors (Lipinski definition) is 0. The topological polar surface area (TPSA) is 43.4 Å². The summed E-state index contributed by atoms with van der Waals surface area (Å²) in [4.78, 5) is 19.8. The third-order valence-electron chi connectivity index (χ3n) is 1.79. The minimum absolute atomic E-state index is 0. The molecule has 0 atom stereocenters. The number of carbonyl (C=O) groups is 2. The zero-order chi connectivity index (χ0) is 12.7. The summed E-state index contributed by atoms with van der Waals surface area (Å²) >= 11 is 5.78. The van der Waals surface area contributed by atoms with Gasteiger partial charge in [0.05, 0.1) is 7.11 Å². The van der Waals surface area contributed by atoms with Crippen LogP contribution in [0.25, 0.3) is 0 Å². The largest absolute Gasteiger partial charge is 0.463 e. The minimum Gasteiger partial charge on any atom is -0.463 e. The molecule has 4 heteroatoms. The van der Waals surface area contributed by atoms with Crippen molar-refractivity contribution in [2.45, 2.75) is 28.2 Å². The molecule has 0 aliphatic carbocycles. The predicted octanol–water partition coefficient (Wildman–Crippen LogP) is 3.34. The van der Waals surface area contributed by atoms with E-state index in [9.17, 15) is 9.59 Å². The first-order chi connectivity index (χ1) is 7.38. The Kier molecular flexibility index (Phi) is 9.29. The third-order valence-corrected chi connectivity index (χ3v) is 2.21. The normalized spacial score (nSPS) is 8.29. The number of ketones is 1. The molecule has 0 fully saturated rings. The van der Waals surface area contributed by atoms with Crippen LogP contribution >= 0.6 is 11.6 Å². The van der Waals surface area contributed by atoms with E-state index in [1.54, 1.807) is 0 Å². The molecule has 0 bridgehead atoms. The standard InChI is InChI=1S/C8H9Cl.C4H6O3.CH4/c1-6-3-4-8(9)7(2)5-6;1-3(5)4(6)7-2;/h3-5H,1-2H3;1-2H3;1H4. The van der Waals surface area contributed by atoms with Crippen molar-refractivity contribution in [3.05, 3.63) is 34.3 Å². The lowest BCUT2D eigenvalue weighted by molar-refractivity contribution is -0.150. The maximum absolute atomic E-state index is 9.94. The van der Waals surface area contributed by atoms with Gasteiger partial charge < -0.3 is 4.74 Å². The molecule has 0 amide bonds. The lowest BCUT2D eigenvalue weighted by Gasteiger charge is -1.96. The minimum atomic E-state index is -0.792. The zero-order valence-electron chi connectivity index (χ0n) is 9.83. The van der Waals surface area contributed by atoms with Crippen LogP contribution in [0.5, 0.6) is 0 Å². The van der Waals surface area contributed by atoms with E-state index in [1.165, 1.54) is 12.7 Å². The summed E-state index contributed by atoms with van der Waals surface area (Å²) in [5.41, 5.74) is 2.41. The summed E-state index contributed by atoms with van der Waals surface area (Å²) < 4.78 is 4.02. The van der Waals surface area contributed by atoms with Crippen LogP contribution < -0.4 is 0 Å². The van der Waals surface area contributed by atoms with Gasteiger partial charge in [0.25, 0.3) is 0 Å². The highest BCUT2D eigenvalue weighted by molar-refractivity contribution is 6.32. The van der Waals surface area contributed by atoms with Gasteiger partial charge in [-0.3, -0.25) is 4.79 Å². The Bertz CT molecular complexity index is 386. The molecule has 0 saturated heterocycles. The third kappa shape index (κ3) is 7.53. The summed E-state index contributed by atoms with van der Waals surface area (Å²) in [7, 11) is 1.17. The maximum Gasteiger partial charge on any atom is 0.374 e. The number of aryl methyl sites for hydroxylation is 2. The SMILES string of the molecule is C.COC(=O)C(C)=O.Cc1ccc(Cl)c(C)c1. The molecular formula is C13H19ClO3. The molecule has 0 heterocycles. The van der Waals surface area contributed by atoms with Gasteiger partial charge >= 0.3 is 5.97 Å². The van der Waals surface area contributed by atoms with E-state index in [-0.39, 0.29) is 7.43 Å².